The standard InChI is InChI=1S/C39H51N17O8/c1-7-14-41-37(62)34-47-24(19-54(34)4)44-29(57)8-10-31(59)50-27-15-22(17-52(27)2)42-38(63)35-48-25(20-55(35)5)45-30(58)9-11-32(60)51-28-16-23(18-53(28)3)43-39(64)36-49-26(21-56(36)6)46-33(61)12-13-40/h15-21H,7-14,40H2,1-6H3,(H,41,62)(H,42,63)(H,43,64)(H,44,57)(H,45,58)(H,46,61)(H,50,59)(H,51,60). The van der Waals surface area contributed by atoms with Crippen molar-refractivity contribution in [2.45, 2.75) is 45.4 Å². The number of imidazole rings is 3. The first-order valence-corrected chi connectivity index (χ1v) is 20.0. The molecule has 0 spiro atoms. The van der Waals surface area contributed by atoms with Gasteiger partial charge < -0.3 is 71.1 Å². The number of nitrogens with one attached hydrogen (secondary N) is 8. The van der Waals surface area contributed by atoms with Gasteiger partial charge >= 0.3 is 0 Å². The lowest BCUT2D eigenvalue weighted by molar-refractivity contribution is -0.121. The second-order valence-corrected chi connectivity index (χ2v) is 14.6. The molecule has 0 atom stereocenters. The van der Waals surface area contributed by atoms with Crippen LogP contribution in [-0.2, 0) is 59.2 Å². The van der Waals surface area contributed by atoms with Crippen molar-refractivity contribution in [3.8, 4) is 0 Å². The van der Waals surface area contributed by atoms with Gasteiger partial charge in [-0.25, -0.2) is 15.0 Å². The molecule has 5 aromatic heterocycles. The van der Waals surface area contributed by atoms with E-state index in [1.807, 2.05) is 6.92 Å². The van der Waals surface area contributed by atoms with Crippen molar-refractivity contribution in [1.29, 1.82) is 0 Å². The van der Waals surface area contributed by atoms with Crippen LogP contribution in [0.3, 0.4) is 0 Å². The molecule has 5 aromatic rings. The van der Waals surface area contributed by atoms with Crippen molar-refractivity contribution < 1.29 is 38.4 Å². The number of nitrogens with zero attached hydrogens (tertiary/aromatic N) is 8. The zero-order chi connectivity index (χ0) is 46.7. The van der Waals surface area contributed by atoms with Crippen LogP contribution in [0, 0.1) is 0 Å². The number of amides is 8. The van der Waals surface area contributed by atoms with Gasteiger partial charge in [0.1, 0.15) is 11.6 Å². The molecule has 0 bridgehead atoms. The maximum Gasteiger partial charge on any atom is 0.291 e. The average molecular weight is 886 g/mol. The number of hydrogen-bond acceptors (Lipinski definition) is 12. The van der Waals surface area contributed by atoms with E-state index in [1.165, 1.54) is 44.4 Å². The van der Waals surface area contributed by atoms with Crippen molar-refractivity contribution in [1.82, 2.24) is 43.1 Å². The molecule has 10 N–H and O–H groups in total. The van der Waals surface area contributed by atoms with Gasteiger partial charge in [-0.15, -0.1) is 0 Å². The van der Waals surface area contributed by atoms with Crippen LogP contribution >= 0.6 is 0 Å². The lowest BCUT2D eigenvalue weighted by Gasteiger charge is -2.06. The van der Waals surface area contributed by atoms with Gasteiger partial charge in [-0.2, -0.15) is 0 Å². The van der Waals surface area contributed by atoms with Crippen LogP contribution in [0.1, 0.15) is 77.3 Å². The highest BCUT2D eigenvalue weighted by Gasteiger charge is 2.21. The molecule has 8 amide bonds. The Balaban J connectivity index is 1.05. The molecule has 5 rings (SSSR count). The minimum absolute atomic E-state index is 0.0316. The lowest BCUT2D eigenvalue weighted by Crippen LogP contribution is -2.26. The highest BCUT2D eigenvalue weighted by molar-refractivity contribution is 6.05. The van der Waals surface area contributed by atoms with Gasteiger partial charge in [0.15, 0.2) is 17.5 Å². The number of hydrogen-bond donors (Lipinski definition) is 9. The SMILES string of the molecule is CCCNC(=O)c1nc(NC(=O)CCC(=O)Nc2cc(NC(=O)c3nc(NC(=O)CCC(=O)Nc4cc(NC(=O)c5nc(NC(=O)CCN)cn5C)cn4C)cn3C)cn2C)cn1C. The summed E-state index contributed by atoms with van der Waals surface area (Å²) in [5.41, 5.74) is 6.08. The first-order valence-electron chi connectivity index (χ1n) is 20.0. The largest absolute Gasteiger partial charge is 0.349 e. The molecule has 25 heteroatoms. The summed E-state index contributed by atoms with van der Waals surface area (Å²) in [7, 11) is 8.08. The van der Waals surface area contributed by atoms with Gasteiger partial charge in [0.25, 0.3) is 17.7 Å². The Morgan fingerprint density at radius 1 is 0.469 bits per heavy atom. The normalized spacial score (nSPS) is 10.8. The Labute approximate surface area is 365 Å². The predicted molar refractivity (Wildman–Crippen MR) is 234 cm³/mol. The molecule has 64 heavy (non-hydrogen) atoms. The van der Waals surface area contributed by atoms with Gasteiger partial charge in [0.05, 0.1) is 11.4 Å². The van der Waals surface area contributed by atoms with Crippen LogP contribution in [-0.4, -0.2) is 98.1 Å². The van der Waals surface area contributed by atoms with Crippen LogP contribution in [0.15, 0.2) is 43.1 Å². The van der Waals surface area contributed by atoms with E-state index >= 15 is 0 Å². The second-order valence-electron chi connectivity index (χ2n) is 14.6. The molecule has 0 aromatic carbocycles. The van der Waals surface area contributed by atoms with Gasteiger partial charge in [0, 0.05) is 124 Å². The minimum atomic E-state index is -0.613. The summed E-state index contributed by atoms with van der Waals surface area (Å²) in [6, 6.07) is 3.04. The van der Waals surface area contributed by atoms with E-state index in [2.05, 4.69) is 57.5 Å². The van der Waals surface area contributed by atoms with E-state index in [4.69, 9.17) is 5.73 Å². The maximum atomic E-state index is 13.2. The number of carbonyl (C=O) groups excluding carboxylic acids is 8. The molecule has 25 nitrogen and oxygen atoms in total. The molecule has 0 saturated carbocycles. The fourth-order valence-corrected chi connectivity index (χ4v) is 6.03. The van der Waals surface area contributed by atoms with E-state index in [9.17, 15) is 38.4 Å². The number of carbonyl (C=O) groups is 8. The quantitative estimate of drug-likeness (QED) is 0.0533. The van der Waals surface area contributed by atoms with Crippen molar-refractivity contribution in [3.63, 3.8) is 0 Å². The molecule has 0 saturated heterocycles. The topological polar surface area (TPSA) is 322 Å². The smallest absolute Gasteiger partial charge is 0.291 e. The van der Waals surface area contributed by atoms with E-state index in [0.29, 0.717) is 29.6 Å². The summed E-state index contributed by atoms with van der Waals surface area (Å²) in [6.45, 7) is 2.58. The summed E-state index contributed by atoms with van der Waals surface area (Å²) >= 11 is 0. The van der Waals surface area contributed by atoms with E-state index in [-0.39, 0.29) is 85.4 Å². The van der Waals surface area contributed by atoms with Crippen molar-refractivity contribution in [3.05, 3.63) is 60.6 Å². The van der Waals surface area contributed by atoms with Crippen molar-refractivity contribution in [2.75, 3.05) is 50.3 Å². The van der Waals surface area contributed by atoms with E-state index < -0.39 is 35.4 Å². The summed E-state index contributed by atoms with van der Waals surface area (Å²) in [5.74, 6) is -2.56. The first kappa shape index (κ1) is 47.0. The highest BCUT2D eigenvalue weighted by Crippen LogP contribution is 2.21. The fourth-order valence-electron chi connectivity index (χ4n) is 6.03. The molecule has 0 radical (unpaired) electrons. The average Bonchev–Trinajstić information content (AvgIpc) is 4.04. The summed E-state index contributed by atoms with van der Waals surface area (Å²) in [6.07, 6.45) is 7.68. The zero-order valence-corrected chi connectivity index (χ0v) is 36.1. The number of nitrogens with two attached hydrogens (primary N) is 1. The molecule has 340 valence electrons. The van der Waals surface area contributed by atoms with Crippen LogP contribution in [0.4, 0.5) is 40.5 Å². The third-order valence-corrected chi connectivity index (χ3v) is 9.17. The fraction of sp³-hybridized carbons (Fsp3) is 0.359. The van der Waals surface area contributed by atoms with Crippen LogP contribution in [0.25, 0.3) is 0 Å². The molecule has 5 heterocycles. The Kier molecular flexibility index (Phi) is 15.5. The molecule has 0 unspecified atom stereocenters. The molecular weight excluding hydrogens is 835 g/mol. The minimum Gasteiger partial charge on any atom is -0.349 e. The Bertz CT molecular complexity index is 2570. The van der Waals surface area contributed by atoms with Gasteiger partial charge in [-0.3, -0.25) is 38.4 Å². The molecule has 0 aliphatic carbocycles. The van der Waals surface area contributed by atoms with Crippen LogP contribution in [0.5, 0.6) is 0 Å². The third kappa shape index (κ3) is 12.7. The maximum absolute atomic E-state index is 13.2. The number of rotatable bonds is 20. The Morgan fingerprint density at radius 3 is 1.17 bits per heavy atom. The van der Waals surface area contributed by atoms with Crippen LogP contribution < -0.4 is 48.3 Å². The van der Waals surface area contributed by atoms with Crippen molar-refractivity contribution >= 4 is 87.7 Å². The molecule has 0 aliphatic heterocycles. The lowest BCUT2D eigenvalue weighted by atomic mass is 10.3. The summed E-state index contributed by atoms with van der Waals surface area (Å²) < 4.78 is 7.48. The predicted octanol–water partition coefficient (Wildman–Crippen LogP) is 1.21. The van der Waals surface area contributed by atoms with Crippen LogP contribution in [0.2, 0.25) is 0 Å². The summed E-state index contributed by atoms with van der Waals surface area (Å²) in [5, 5.41) is 21.2. The number of anilines is 7. The second kappa shape index (κ2) is 21.1. The van der Waals surface area contributed by atoms with Crippen molar-refractivity contribution in [2.24, 2.45) is 41.0 Å². The molecule has 0 fully saturated rings. The first-order chi connectivity index (χ1) is 30.4. The van der Waals surface area contributed by atoms with Gasteiger partial charge in [0.2, 0.25) is 47.0 Å². The van der Waals surface area contributed by atoms with E-state index in [1.54, 1.807) is 56.8 Å². The molecular formula is C39H51N17O8. The number of aryl methyl sites for hydroxylation is 5. The monoisotopic (exact) mass is 885 g/mol. The van der Waals surface area contributed by atoms with Gasteiger partial charge in [-0.05, 0) is 6.42 Å². The van der Waals surface area contributed by atoms with Gasteiger partial charge in [-0.1, -0.05) is 6.92 Å². The van der Waals surface area contributed by atoms with E-state index in [0.717, 1.165) is 6.42 Å². The zero-order valence-electron chi connectivity index (χ0n) is 36.1. The third-order valence-electron chi connectivity index (χ3n) is 9.17. The number of aromatic nitrogens is 8. The Morgan fingerprint density at radius 2 is 0.812 bits per heavy atom. The highest BCUT2D eigenvalue weighted by atomic mass is 16.2. The Hall–Kier alpha value is -8.09. The summed E-state index contributed by atoms with van der Waals surface area (Å²) in [4.78, 5) is 113. The molecule has 0 aliphatic rings.